The van der Waals surface area contributed by atoms with Crippen LogP contribution in [0.1, 0.15) is 23.3 Å². The third-order valence-electron chi connectivity index (χ3n) is 4.69. The number of fused-ring (bicyclic) bond motifs is 1. The molecule has 28 heavy (non-hydrogen) atoms. The smallest absolute Gasteiger partial charge is 0.248 e. The van der Waals surface area contributed by atoms with Crippen molar-refractivity contribution in [3.63, 3.8) is 0 Å². The lowest BCUT2D eigenvalue weighted by Crippen LogP contribution is -2.23. The summed E-state index contributed by atoms with van der Waals surface area (Å²) in [6.45, 7) is 1.38. The van der Waals surface area contributed by atoms with Gasteiger partial charge in [-0.3, -0.25) is 9.59 Å². The van der Waals surface area contributed by atoms with E-state index in [1.54, 1.807) is 17.4 Å². The van der Waals surface area contributed by atoms with Crippen LogP contribution in [0.3, 0.4) is 0 Å². The lowest BCUT2D eigenvalue weighted by atomic mass is 10.2. The third-order valence-corrected chi connectivity index (χ3v) is 6.34. The average molecular weight is 411 g/mol. The second-order valence-electron chi connectivity index (χ2n) is 6.72. The van der Waals surface area contributed by atoms with Gasteiger partial charge in [0.15, 0.2) is 0 Å². The molecule has 1 fully saturated rings. The number of halogens is 1. The van der Waals surface area contributed by atoms with Gasteiger partial charge in [-0.05, 0) is 36.3 Å². The minimum absolute atomic E-state index is 0.192. The summed E-state index contributed by atoms with van der Waals surface area (Å²) >= 11 is 7.97. The molecule has 0 radical (unpaired) electrons. The van der Waals surface area contributed by atoms with E-state index in [4.69, 9.17) is 11.6 Å². The van der Waals surface area contributed by atoms with Gasteiger partial charge >= 0.3 is 0 Å². The van der Waals surface area contributed by atoms with Crippen LogP contribution in [0, 0.1) is 0 Å². The molecule has 2 aromatic carbocycles. The Kier molecular flexibility index (Phi) is 5.46. The second-order valence-corrected chi connectivity index (χ2v) is 8.18. The minimum Gasteiger partial charge on any atom is -0.338 e. The van der Waals surface area contributed by atoms with Gasteiger partial charge in [0.1, 0.15) is 0 Å². The fourth-order valence-corrected chi connectivity index (χ4v) is 4.71. The zero-order chi connectivity index (χ0) is 19.5. The monoisotopic (exact) mass is 410 g/mol. The minimum atomic E-state index is -0.220. The lowest BCUT2D eigenvalue weighted by Gasteiger charge is -2.16. The highest BCUT2D eigenvalue weighted by Gasteiger charge is 2.20. The topological polar surface area (TPSA) is 49.4 Å². The van der Waals surface area contributed by atoms with E-state index in [-0.39, 0.29) is 11.8 Å². The van der Waals surface area contributed by atoms with Gasteiger partial charge < -0.3 is 10.2 Å². The molecular weight excluding hydrogens is 392 g/mol. The van der Waals surface area contributed by atoms with Gasteiger partial charge in [-0.15, -0.1) is 11.3 Å². The molecule has 6 heteroatoms. The normalized spacial score (nSPS) is 14.3. The Morgan fingerprint density at radius 2 is 2.07 bits per heavy atom. The van der Waals surface area contributed by atoms with E-state index < -0.39 is 0 Å². The summed E-state index contributed by atoms with van der Waals surface area (Å²) in [7, 11) is 0. The van der Waals surface area contributed by atoms with Crippen LogP contribution in [0.2, 0.25) is 5.02 Å². The van der Waals surface area contributed by atoms with E-state index in [0.29, 0.717) is 23.7 Å². The summed E-state index contributed by atoms with van der Waals surface area (Å²) in [5.41, 5.74) is 1.71. The van der Waals surface area contributed by atoms with Crippen LogP contribution >= 0.6 is 22.9 Å². The fraction of sp³-hybridized carbons (Fsp3) is 0.182. The van der Waals surface area contributed by atoms with Crippen molar-refractivity contribution >= 4 is 56.6 Å². The van der Waals surface area contributed by atoms with E-state index in [2.05, 4.69) is 5.32 Å². The molecule has 1 N–H and O–H groups in total. The number of thiophene rings is 1. The largest absolute Gasteiger partial charge is 0.338 e. The van der Waals surface area contributed by atoms with Crippen LogP contribution in [-0.2, 0) is 16.1 Å². The number of likely N-dealkylation sites (tertiary alicyclic amines) is 1. The van der Waals surface area contributed by atoms with Gasteiger partial charge in [0.25, 0.3) is 0 Å². The van der Waals surface area contributed by atoms with E-state index in [0.717, 1.165) is 33.5 Å². The van der Waals surface area contributed by atoms with Gasteiger partial charge in [-0.2, -0.15) is 0 Å². The first-order valence-corrected chi connectivity index (χ1v) is 10.3. The van der Waals surface area contributed by atoms with Crippen molar-refractivity contribution < 1.29 is 9.59 Å². The molecule has 1 aliphatic heterocycles. The molecule has 1 aliphatic rings. The maximum absolute atomic E-state index is 12.3. The van der Waals surface area contributed by atoms with Crippen LogP contribution in [-0.4, -0.2) is 23.3 Å². The molecule has 2 heterocycles. The number of carbonyl (C=O) groups is 2. The average Bonchev–Trinajstić information content (AvgIpc) is 3.24. The molecule has 0 aliphatic carbocycles. The van der Waals surface area contributed by atoms with Crippen LogP contribution in [0.15, 0.2) is 54.6 Å². The number of amides is 2. The van der Waals surface area contributed by atoms with Crippen LogP contribution < -0.4 is 5.32 Å². The molecule has 0 unspecified atom stereocenters. The number of hydrogen-bond donors (Lipinski definition) is 1. The second kappa shape index (κ2) is 8.17. The molecule has 142 valence electrons. The SMILES string of the molecule is O=C(/C=C/c1sc2ccccc2c1Cl)Nc1cccc(CN2CCCC2=O)c1. The Morgan fingerprint density at radius 3 is 2.86 bits per heavy atom. The number of rotatable bonds is 5. The van der Waals surface area contributed by atoms with Crippen molar-refractivity contribution in [1.82, 2.24) is 4.90 Å². The van der Waals surface area contributed by atoms with E-state index in [1.165, 1.54) is 6.08 Å². The van der Waals surface area contributed by atoms with Crippen molar-refractivity contribution in [3.05, 3.63) is 70.1 Å². The Bertz CT molecular complexity index is 1070. The molecule has 4 nitrogen and oxygen atoms in total. The fourth-order valence-electron chi connectivity index (χ4n) is 3.31. The highest BCUT2D eigenvalue weighted by atomic mass is 35.5. The number of benzene rings is 2. The Hall–Kier alpha value is -2.63. The zero-order valence-corrected chi connectivity index (χ0v) is 16.7. The predicted octanol–water partition coefficient (Wildman–Crippen LogP) is 5.33. The molecule has 0 atom stereocenters. The molecule has 0 saturated carbocycles. The zero-order valence-electron chi connectivity index (χ0n) is 15.2. The molecule has 0 spiro atoms. The first-order chi connectivity index (χ1) is 13.6. The van der Waals surface area contributed by atoms with Gasteiger partial charge in [-0.1, -0.05) is 41.9 Å². The summed E-state index contributed by atoms with van der Waals surface area (Å²) in [5, 5.41) is 4.54. The summed E-state index contributed by atoms with van der Waals surface area (Å²) in [6, 6.07) is 15.5. The molecular formula is C22H19ClN2O2S. The predicted molar refractivity (Wildman–Crippen MR) is 116 cm³/mol. The van der Waals surface area contributed by atoms with Crippen molar-refractivity contribution in [2.75, 3.05) is 11.9 Å². The van der Waals surface area contributed by atoms with E-state index in [9.17, 15) is 9.59 Å². The highest BCUT2D eigenvalue weighted by molar-refractivity contribution is 7.20. The standard InChI is InChI=1S/C22H19ClN2O2S/c23-22-17-7-1-2-8-18(17)28-19(22)10-11-20(26)24-16-6-3-5-15(13-16)14-25-12-4-9-21(25)27/h1-3,5-8,10-11,13H,4,9,12,14H2,(H,24,26)/b11-10+. The van der Waals surface area contributed by atoms with E-state index >= 15 is 0 Å². The van der Waals surface area contributed by atoms with Crippen LogP contribution in [0.5, 0.6) is 0 Å². The third kappa shape index (κ3) is 4.11. The summed E-state index contributed by atoms with van der Waals surface area (Å²) in [6.07, 6.45) is 4.78. The highest BCUT2D eigenvalue weighted by Crippen LogP contribution is 2.35. The summed E-state index contributed by atoms with van der Waals surface area (Å²) < 4.78 is 1.09. The Balaban J connectivity index is 1.43. The number of nitrogens with one attached hydrogen (secondary N) is 1. The Labute approximate surface area is 172 Å². The first kappa shape index (κ1) is 18.7. The maximum atomic E-state index is 12.3. The maximum Gasteiger partial charge on any atom is 0.248 e. The Morgan fingerprint density at radius 1 is 1.21 bits per heavy atom. The van der Waals surface area contributed by atoms with Gasteiger partial charge in [0.2, 0.25) is 11.8 Å². The van der Waals surface area contributed by atoms with Crippen molar-refractivity contribution in [3.8, 4) is 0 Å². The molecule has 1 aromatic heterocycles. The number of anilines is 1. The summed E-state index contributed by atoms with van der Waals surface area (Å²) in [5.74, 6) is -0.0273. The molecule has 4 rings (SSSR count). The molecule has 1 saturated heterocycles. The van der Waals surface area contributed by atoms with Crippen molar-refractivity contribution in [2.45, 2.75) is 19.4 Å². The molecule has 3 aromatic rings. The van der Waals surface area contributed by atoms with Gasteiger partial charge in [0.05, 0.1) is 5.02 Å². The first-order valence-electron chi connectivity index (χ1n) is 9.13. The lowest BCUT2D eigenvalue weighted by molar-refractivity contribution is -0.128. The molecule has 0 bridgehead atoms. The molecule has 2 amide bonds. The van der Waals surface area contributed by atoms with Crippen LogP contribution in [0.25, 0.3) is 16.2 Å². The van der Waals surface area contributed by atoms with Gasteiger partial charge in [-0.25, -0.2) is 0 Å². The van der Waals surface area contributed by atoms with E-state index in [1.807, 2.05) is 53.4 Å². The van der Waals surface area contributed by atoms with Gasteiger partial charge in [0, 0.05) is 46.2 Å². The van der Waals surface area contributed by atoms with Crippen LogP contribution in [0.4, 0.5) is 5.69 Å². The van der Waals surface area contributed by atoms with Crippen molar-refractivity contribution in [2.24, 2.45) is 0 Å². The quantitative estimate of drug-likeness (QED) is 0.578. The number of nitrogens with zero attached hydrogens (tertiary/aromatic N) is 1. The summed E-state index contributed by atoms with van der Waals surface area (Å²) in [4.78, 5) is 26.8. The number of hydrogen-bond acceptors (Lipinski definition) is 3. The van der Waals surface area contributed by atoms with Crippen molar-refractivity contribution in [1.29, 1.82) is 0 Å². The number of carbonyl (C=O) groups excluding carboxylic acids is 2.